The lowest BCUT2D eigenvalue weighted by atomic mass is 10.1. The number of ether oxygens (including phenoxy) is 3. The predicted octanol–water partition coefficient (Wildman–Crippen LogP) is 1.07. The summed E-state index contributed by atoms with van der Waals surface area (Å²) in [6.07, 6.45) is -1.14. The first-order valence-corrected chi connectivity index (χ1v) is 7.56. The smallest absolute Gasteiger partial charge is 0.309 e. The van der Waals surface area contributed by atoms with Crippen LogP contribution < -0.4 is 9.64 Å². The minimum atomic E-state index is -0.965. The summed E-state index contributed by atoms with van der Waals surface area (Å²) in [6, 6.07) is 7.05. The summed E-state index contributed by atoms with van der Waals surface area (Å²) in [6.45, 7) is 0.274. The molecule has 1 amide bonds. The van der Waals surface area contributed by atoms with E-state index in [9.17, 15) is 9.59 Å². The lowest BCUT2D eigenvalue weighted by molar-refractivity contribution is -0.145. The summed E-state index contributed by atoms with van der Waals surface area (Å²) in [7, 11) is 2.78. The van der Waals surface area contributed by atoms with Crippen LogP contribution in [0.15, 0.2) is 28.8 Å². The van der Waals surface area contributed by atoms with E-state index >= 15 is 0 Å². The van der Waals surface area contributed by atoms with Crippen LogP contribution in [0.4, 0.5) is 5.69 Å². The van der Waals surface area contributed by atoms with Crippen LogP contribution in [0.25, 0.3) is 0 Å². The van der Waals surface area contributed by atoms with Crippen LogP contribution >= 0.6 is 0 Å². The van der Waals surface area contributed by atoms with Gasteiger partial charge < -0.3 is 18.7 Å². The van der Waals surface area contributed by atoms with Crippen molar-refractivity contribution in [2.24, 2.45) is 0 Å². The number of hydrogen-bond acceptors (Lipinski definition) is 8. The minimum absolute atomic E-state index is 0.0874. The number of para-hydroxylation sites is 2. The van der Waals surface area contributed by atoms with Crippen LogP contribution in [0, 0.1) is 0 Å². The molecule has 0 aliphatic carbocycles. The van der Waals surface area contributed by atoms with Crippen molar-refractivity contribution < 1.29 is 28.3 Å². The van der Waals surface area contributed by atoms with E-state index in [0.29, 0.717) is 23.2 Å². The Kier molecular flexibility index (Phi) is 4.94. The topological polar surface area (TPSA) is 104 Å². The van der Waals surface area contributed by atoms with Crippen molar-refractivity contribution in [2.75, 3.05) is 19.1 Å². The maximum Gasteiger partial charge on any atom is 0.309 e. The molecule has 0 bridgehead atoms. The van der Waals surface area contributed by atoms with Gasteiger partial charge in [0.25, 0.3) is 11.8 Å². The van der Waals surface area contributed by atoms with Crippen LogP contribution in [0.2, 0.25) is 0 Å². The molecule has 1 aromatic carbocycles. The predicted molar refractivity (Wildman–Crippen MR) is 83.7 cm³/mol. The number of anilines is 1. The van der Waals surface area contributed by atoms with Gasteiger partial charge in [-0.05, 0) is 12.1 Å². The van der Waals surface area contributed by atoms with Crippen molar-refractivity contribution in [3.8, 4) is 5.75 Å². The van der Waals surface area contributed by atoms with E-state index < -0.39 is 12.1 Å². The van der Waals surface area contributed by atoms with E-state index in [-0.39, 0.29) is 25.5 Å². The lowest BCUT2D eigenvalue weighted by Crippen LogP contribution is -2.46. The Labute approximate surface area is 143 Å². The second-order valence-electron chi connectivity index (χ2n) is 5.32. The second kappa shape index (κ2) is 7.31. The highest BCUT2D eigenvalue weighted by Gasteiger charge is 2.36. The molecule has 1 aliphatic heterocycles. The van der Waals surface area contributed by atoms with Crippen LogP contribution in [0.3, 0.4) is 0 Å². The molecule has 0 spiro atoms. The number of benzene rings is 1. The average Bonchev–Trinajstić information content (AvgIpc) is 3.06. The zero-order chi connectivity index (χ0) is 17.8. The van der Waals surface area contributed by atoms with Gasteiger partial charge in [0.1, 0.15) is 12.4 Å². The van der Waals surface area contributed by atoms with Gasteiger partial charge in [-0.15, -0.1) is 0 Å². The maximum atomic E-state index is 12.8. The highest BCUT2D eigenvalue weighted by Crippen LogP contribution is 2.35. The number of nitrogens with zero attached hydrogens (tertiary/aromatic N) is 3. The summed E-state index contributed by atoms with van der Waals surface area (Å²) in [4.78, 5) is 30.0. The summed E-state index contributed by atoms with van der Waals surface area (Å²) in [5.74, 6) is 0.241. The molecule has 25 heavy (non-hydrogen) atoms. The fourth-order valence-corrected chi connectivity index (χ4v) is 2.48. The first-order chi connectivity index (χ1) is 12.1. The van der Waals surface area contributed by atoms with E-state index in [1.165, 1.54) is 19.1 Å². The van der Waals surface area contributed by atoms with Gasteiger partial charge in [-0.3, -0.25) is 14.5 Å². The lowest BCUT2D eigenvalue weighted by Gasteiger charge is -2.33. The van der Waals surface area contributed by atoms with E-state index in [1.807, 2.05) is 0 Å². The molecule has 9 nitrogen and oxygen atoms in total. The molecule has 3 rings (SSSR count). The monoisotopic (exact) mass is 347 g/mol. The molecule has 0 radical (unpaired) electrons. The quantitative estimate of drug-likeness (QED) is 0.715. The van der Waals surface area contributed by atoms with Gasteiger partial charge in [-0.25, -0.2) is 0 Å². The zero-order valence-corrected chi connectivity index (χ0v) is 13.8. The van der Waals surface area contributed by atoms with E-state index in [1.54, 1.807) is 24.3 Å². The van der Waals surface area contributed by atoms with Gasteiger partial charge >= 0.3 is 5.97 Å². The van der Waals surface area contributed by atoms with Gasteiger partial charge in [0.2, 0.25) is 0 Å². The number of fused-ring (bicyclic) bond motifs is 1. The van der Waals surface area contributed by atoms with Crippen molar-refractivity contribution in [1.29, 1.82) is 0 Å². The number of rotatable bonds is 6. The molecule has 9 heteroatoms. The first-order valence-electron chi connectivity index (χ1n) is 7.56. The van der Waals surface area contributed by atoms with Crippen LogP contribution in [-0.4, -0.2) is 42.3 Å². The van der Waals surface area contributed by atoms with E-state index in [2.05, 4.69) is 14.9 Å². The number of esters is 1. The molecule has 1 aliphatic rings. The minimum Gasteiger partial charge on any atom is -0.478 e. The number of aromatic nitrogens is 2. The molecule has 0 unspecified atom stereocenters. The average molecular weight is 347 g/mol. The summed E-state index contributed by atoms with van der Waals surface area (Å²) in [5, 5.41) is 3.85. The second-order valence-corrected chi connectivity index (χ2v) is 5.32. The van der Waals surface area contributed by atoms with Crippen molar-refractivity contribution in [3.63, 3.8) is 0 Å². The number of hydrogen-bond donors (Lipinski definition) is 0. The van der Waals surface area contributed by atoms with Gasteiger partial charge in [-0.2, -0.15) is 4.98 Å². The standard InChI is InChI=1S/C16H17N3O6/c1-22-9-14-17-13(18-25-14)8-19-10-5-3-4-6-11(10)24-12(16(19)21)7-15(20)23-2/h3-6,12H,7-9H2,1-2H3/t12-/m1/s1. The van der Waals surface area contributed by atoms with Crippen LogP contribution in [-0.2, 0) is 32.2 Å². The summed E-state index contributed by atoms with van der Waals surface area (Å²) in [5.41, 5.74) is 0.576. The molecular weight excluding hydrogens is 330 g/mol. The van der Waals surface area contributed by atoms with Gasteiger partial charge in [-0.1, -0.05) is 17.3 Å². The Balaban J connectivity index is 1.86. The Morgan fingerprint density at radius 3 is 2.88 bits per heavy atom. The Hall–Kier alpha value is -2.94. The Bertz CT molecular complexity index is 775. The highest BCUT2D eigenvalue weighted by atomic mass is 16.5. The summed E-state index contributed by atoms with van der Waals surface area (Å²) >= 11 is 0. The molecular formula is C16H17N3O6. The molecule has 0 fully saturated rings. The zero-order valence-electron chi connectivity index (χ0n) is 13.8. The maximum absolute atomic E-state index is 12.8. The molecule has 0 saturated carbocycles. The molecule has 2 aromatic rings. The number of carbonyl (C=O) groups excluding carboxylic acids is 2. The molecule has 132 valence electrons. The fourth-order valence-electron chi connectivity index (χ4n) is 2.48. The van der Waals surface area contributed by atoms with Gasteiger partial charge in [0, 0.05) is 7.11 Å². The molecule has 2 heterocycles. The largest absolute Gasteiger partial charge is 0.478 e. The van der Waals surface area contributed by atoms with Crippen molar-refractivity contribution >= 4 is 17.6 Å². The van der Waals surface area contributed by atoms with Crippen molar-refractivity contribution in [2.45, 2.75) is 25.7 Å². The van der Waals surface area contributed by atoms with Crippen LogP contribution in [0.5, 0.6) is 5.75 Å². The van der Waals surface area contributed by atoms with Crippen molar-refractivity contribution in [1.82, 2.24) is 10.1 Å². The SMILES string of the molecule is COCc1nc(CN2C(=O)[C@@H](CC(=O)OC)Oc3ccccc32)no1. The molecule has 0 N–H and O–H groups in total. The normalized spacial score (nSPS) is 16.3. The summed E-state index contributed by atoms with van der Waals surface area (Å²) < 4.78 is 20.3. The van der Waals surface area contributed by atoms with Crippen molar-refractivity contribution in [3.05, 3.63) is 36.0 Å². The molecule has 0 saturated heterocycles. The van der Waals surface area contributed by atoms with Crippen LogP contribution in [0.1, 0.15) is 18.1 Å². The van der Waals surface area contributed by atoms with E-state index in [4.69, 9.17) is 14.0 Å². The third-order valence-corrected chi connectivity index (χ3v) is 3.62. The number of carbonyl (C=O) groups is 2. The van der Waals surface area contributed by atoms with Gasteiger partial charge in [0.15, 0.2) is 11.9 Å². The highest BCUT2D eigenvalue weighted by molar-refractivity contribution is 6.01. The fraction of sp³-hybridized carbons (Fsp3) is 0.375. The first kappa shape index (κ1) is 16.9. The molecule has 1 atom stereocenters. The van der Waals surface area contributed by atoms with E-state index in [0.717, 1.165) is 0 Å². The Morgan fingerprint density at radius 1 is 1.32 bits per heavy atom. The third-order valence-electron chi connectivity index (χ3n) is 3.62. The molecule has 1 aromatic heterocycles. The number of methoxy groups -OCH3 is 2. The van der Waals surface area contributed by atoms with Gasteiger partial charge in [0.05, 0.1) is 25.8 Å². The Morgan fingerprint density at radius 2 is 2.12 bits per heavy atom. The number of amides is 1. The third kappa shape index (κ3) is 3.61.